The van der Waals surface area contributed by atoms with Gasteiger partial charge < -0.3 is 10.3 Å². The van der Waals surface area contributed by atoms with Crippen LogP contribution in [0, 0.1) is 13.8 Å². The highest BCUT2D eigenvalue weighted by atomic mass is 19.4. The highest BCUT2D eigenvalue weighted by molar-refractivity contribution is 6.02. The summed E-state index contributed by atoms with van der Waals surface area (Å²) in [6.45, 7) is 4.61. The van der Waals surface area contributed by atoms with Crippen LogP contribution in [0.2, 0.25) is 0 Å². The number of fused-ring (bicyclic) bond motifs is 1. The van der Waals surface area contributed by atoms with Crippen LogP contribution < -0.4 is 5.32 Å². The number of aryl methyl sites for hydroxylation is 1. The summed E-state index contributed by atoms with van der Waals surface area (Å²) in [5, 5.41) is 10.2. The normalized spacial score (nSPS) is 11.8. The predicted molar refractivity (Wildman–Crippen MR) is 89.4 cm³/mol. The number of nitrogens with zero attached hydrogens (tertiary/aromatic N) is 3. The topological polar surface area (TPSA) is 92.1 Å². The Morgan fingerprint density at radius 3 is 2.52 bits per heavy atom. The van der Waals surface area contributed by atoms with E-state index in [1.54, 1.807) is 13.8 Å². The molecule has 0 fully saturated rings. The number of Topliss-reactive ketones (excluding diaryl/α,β-unsaturated/α-hetero) is 1. The number of aromatic amines is 1. The van der Waals surface area contributed by atoms with Crippen molar-refractivity contribution in [1.82, 2.24) is 24.9 Å². The third kappa shape index (κ3) is 3.42. The van der Waals surface area contributed by atoms with Gasteiger partial charge in [-0.3, -0.25) is 14.0 Å². The van der Waals surface area contributed by atoms with Gasteiger partial charge in [0.1, 0.15) is 5.69 Å². The number of aromatic nitrogens is 4. The first kappa shape index (κ1) is 18.6. The number of nitrogens with one attached hydrogen (secondary N) is 2. The fourth-order valence-electron chi connectivity index (χ4n) is 2.98. The van der Waals surface area contributed by atoms with Crippen LogP contribution in [0.5, 0.6) is 0 Å². The minimum absolute atomic E-state index is 0.131. The molecule has 0 aromatic carbocycles. The van der Waals surface area contributed by atoms with E-state index < -0.39 is 17.6 Å². The van der Waals surface area contributed by atoms with Crippen molar-refractivity contribution in [1.29, 1.82) is 0 Å². The fourth-order valence-corrected chi connectivity index (χ4v) is 2.98. The molecule has 10 heteroatoms. The van der Waals surface area contributed by atoms with Crippen molar-refractivity contribution in [2.45, 2.75) is 33.5 Å². The molecular formula is C17H16F3N5O2. The third-order valence-corrected chi connectivity index (χ3v) is 4.22. The number of rotatable bonds is 4. The molecule has 142 valence electrons. The average Bonchev–Trinajstić information content (AvgIpc) is 3.11. The number of alkyl halides is 3. The van der Waals surface area contributed by atoms with Crippen LogP contribution in [0.15, 0.2) is 18.3 Å². The maximum atomic E-state index is 12.9. The Labute approximate surface area is 151 Å². The summed E-state index contributed by atoms with van der Waals surface area (Å²) in [5.41, 5.74) is 1.16. The summed E-state index contributed by atoms with van der Waals surface area (Å²) in [5.74, 6) is -0.507. The number of amides is 1. The summed E-state index contributed by atoms with van der Waals surface area (Å²) < 4.78 is 39.8. The van der Waals surface area contributed by atoms with E-state index in [0.29, 0.717) is 16.8 Å². The minimum atomic E-state index is -4.50. The van der Waals surface area contributed by atoms with Gasteiger partial charge in [0.15, 0.2) is 17.3 Å². The second kappa shape index (κ2) is 6.53. The molecule has 3 aromatic heterocycles. The van der Waals surface area contributed by atoms with Gasteiger partial charge in [-0.05, 0) is 38.5 Å². The van der Waals surface area contributed by atoms with Crippen LogP contribution in [0.1, 0.15) is 50.4 Å². The average molecular weight is 379 g/mol. The molecule has 0 spiro atoms. The highest BCUT2D eigenvalue weighted by Crippen LogP contribution is 2.29. The molecule has 1 amide bonds. The van der Waals surface area contributed by atoms with E-state index in [1.807, 2.05) is 0 Å². The van der Waals surface area contributed by atoms with Crippen molar-refractivity contribution in [2.75, 3.05) is 0 Å². The SMILES string of the molecule is CC(=O)c1c(C)[nH]c(C(=O)NCc2nnc3ccc(C(F)(F)F)cn23)c1C. The van der Waals surface area contributed by atoms with E-state index in [2.05, 4.69) is 20.5 Å². The second-order valence-electron chi connectivity index (χ2n) is 6.12. The van der Waals surface area contributed by atoms with E-state index in [9.17, 15) is 22.8 Å². The first-order valence-corrected chi connectivity index (χ1v) is 7.98. The lowest BCUT2D eigenvalue weighted by Crippen LogP contribution is -2.25. The van der Waals surface area contributed by atoms with Crippen LogP contribution >= 0.6 is 0 Å². The van der Waals surface area contributed by atoms with Crippen molar-refractivity contribution < 1.29 is 22.8 Å². The van der Waals surface area contributed by atoms with Gasteiger partial charge in [0.25, 0.3) is 5.91 Å². The number of hydrogen-bond donors (Lipinski definition) is 2. The van der Waals surface area contributed by atoms with Crippen molar-refractivity contribution in [3.05, 3.63) is 52.2 Å². The quantitative estimate of drug-likeness (QED) is 0.682. The molecule has 0 atom stereocenters. The highest BCUT2D eigenvalue weighted by Gasteiger charge is 2.31. The molecular weight excluding hydrogens is 363 g/mol. The van der Waals surface area contributed by atoms with Crippen molar-refractivity contribution in [2.24, 2.45) is 0 Å². The number of halogens is 3. The summed E-state index contributed by atoms with van der Waals surface area (Å²) in [6, 6.07) is 2.12. The molecule has 3 aromatic rings. The Morgan fingerprint density at radius 2 is 1.93 bits per heavy atom. The van der Waals surface area contributed by atoms with E-state index >= 15 is 0 Å². The van der Waals surface area contributed by atoms with Gasteiger partial charge >= 0.3 is 6.18 Å². The molecule has 0 aliphatic rings. The number of ketones is 1. The lowest BCUT2D eigenvalue weighted by Gasteiger charge is -2.08. The zero-order valence-corrected chi connectivity index (χ0v) is 14.7. The smallest absolute Gasteiger partial charge is 0.354 e. The first-order valence-electron chi connectivity index (χ1n) is 7.98. The van der Waals surface area contributed by atoms with Crippen LogP contribution in [-0.2, 0) is 12.7 Å². The Hall–Kier alpha value is -3.17. The van der Waals surface area contributed by atoms with E-state index in [-0.39, 0.29) is 29.5 Å². The molecule has 3 heterocycles. The number of carbonyl (C=O) groups excluding carboxylic acids is 2. The molecule has 0 saturated carbocycles. The zero-order chi connectivity index (χ0) is 19.9. The Bertz CT molecular complexity index is 1050. The molecule has 0 radical (unpaired) electrons. The molecule has 0 bridgehead atoms. The fraction of sp³-hybridized carbons (Fsp3) is 0.294. The van der Waals surface area contributed by atoms with Crippen molar-refractivity contribution in [3.63, 3.8) is 0 Å². The number of carbonyl (C=O) groups is 2. The zero-order valence-electron chi connectivity index (χ0n) is 14.7. The molecule has 2 N–H and O–H groups in total. The standard InChI is InChI=1S/C17H16F3N5O2/c1-8-14(10(3)26)9(2)22-15(8)16(27)21-6-13-24-23-12-5-4-11(7-25(12)13)17(18,19)20/h4-5,7,22H,6H2,1-3H3,(H,21,27). The maximum absolute atomic E-state index is 12.9. The van der Waals surface area contributed by atoms with Crippen molar-refractivity contribution in [3.8, 4) is 0 Å². The molecule has 3 rings (SSSR count). The number of hydrogen-bond acceptors (Lipinski definition) is 4. The van der Waals surface area contributed by atoms with Crippen LogP contribution in [0.25, 0.3) is 5.65 Å². The Kier molecular flexibility index (Phi) is 4.50. The van der Waals surface area contributed by atoms with Gasteiger partial charge in [-0.2, -0.15) is 13.2 Å². The molecule has 0 aliphatic heterocycles. The van der Waals surface area contributed by atoms with Crippen LogP contribution in [0.4, 0.5) is 13.2 Å². The predicted octanol–water partition coefficient (Wildman–Crippen LogP) is 2.83. The number of pyridine rings is 1. The van der Waals surface area contributed by atoms with E-state index in [1.165, 1.54) is 17.4 Å². The molecule has 27 heavy (non-hydrogen) atoms. The molecule has 7 nitrogen and oxygen atoms in total. The van der Waals surface area contributed by atoms with Crippen LogP contribution in [0.3, 0.4) is 0 Å². The Balaban J connectivity index is 1.84. The summed E-state index contributed by atoms with van der Waals surface area (Å²) >= 11 is 0. The lowest BCUT2D eigenvalue weighted by molar-refractivity contribution is -0.137. The van der Waals surface area contributed by atoms with Gasteiger partial charge in [-0.25, -0.2) is 0 Å². The van der Waals surface area contributed by atoms with Crippen molar-refractivity contribution >= 4 is 17.3 Å². The molecule has 0 unspecified atom stereocenters. The third-order valence-electron chi connectivity index (χ3n) is 4.22. The van der Waals surface area contributed by atoms with Gasteiger partial charge in [0.2, 0.25) is 0 Å². The second-order valence-corrected chi connectivity index (χ2v) is 6.12. The van der Waals surface area contributed by atoms with E-state index in [4.69, 9.17) is 0 Å². The number of H-pyrrole nitrogens is 1. The first-order chi connectivity index (χ1) is 12.6. The van der Waals surface area contributed by atoms with Gasteiger partial charge in [-0.1, -0.05) is 0 Å². The summed E-state index contributed by atoms with van der Waals surface area (Å²) in [4.78, 5) is 26.9. The van der Waals surface area contributed by atoms with E-state index in [0.717, 1.165) is 12.3 Å². The van der Waals surface area contributed by atoms with Gasteiger partial charge in [0.05, 0.1) is 12.1 Å². The van der Waals surface area contributed by atoms with Gasteiger partial charge in [0, 0.05) is 17.5 Å². The Morgan fingerprint density at radius 1 is 1.22 bits per heavy atom. The lowest BCUT2D eigenvalue weighted by atomic mass is 10.1. The largest absolute Gasteiger partial charge is 0.417 e. The summed E-state index contributed by atoms with van der Waals surface area (Å²) in [7, 11) is 0. The maximum Gasteiger partial charge on any atom is 0.417 e. The molecule has 0 aliphatic carbocycles. The minimum Gasteiger partial charge on any atom is -0.354 e. The van der Waals surface area contributed by atoms with Crippen LogP contribution in [-0.4, -0.2) is 31.3 Å². The monoisotopic (exact) mass is 379 g/mol. The molecule has 0 saturated heterocycles. The summed E-state index contributed by atoms with van der Waals surface area (Å²) in [6.07, 6.45) is -3.62. The van der Waals surface area contributed by atoms with Gasteiger partial charge in [-0.15, -0.1) is 10.2 Å².